The van der Waals surface area contributed by atoms with Crippen molar-refractivity contribution in [2.24, 2.45) is 0 Å². The van der Waals surface area contributed by atoms with Crippen molar-refractivity contribution >= 4 is 21.6 Å². The minimum atomic E-state index is -3.30. The van der Waals surface area contributed by atoms with Crippen molar-refractivity contribution in [3.8, 4) is 11.5 Å². The number of hydrogen-bond donors (Lipinski definition) is 1. The van der Waals surface area contributed by atoms with Crippen LogP contribution in [0.25, 0.3) is 0 Å². The molecule has 1 atom stereocenters. The summed E-state index contributed by atoms with van der Waals surface area (Å²) in [5.74, 6) is 1.93. The number of rotatable bonds is 7. The molecule has 0 radical (unpaired) electrons. The minimum Gasteiger partial charge on any atom is -0.486 e. The van der Waals surface area contributed by atoms with E-state index in [0.29, 0.717) is 43.4 Å². The SMILES string of the molecule is CC(NS(=O)(=O)CCCCCl)c1ccc2c(c1)OCCO2. The zero-order chi connectivity index (χ0) is 15.3. The number of unbranched alkanes of at least 4 members (excludes halogenated alkanes) is 1. The first-order valence-corrected chi connectivity index (χ1v) is 9.16. The second kappa shape index (κ2) is 7.33. The Morgan fingerprint density at radius 1 is 1.24 bits per heavy atom. The van der Waals surface area contributed by atoms with Gasteiger partial charge >= 0.3 is 0 Å². The molecular formula is C14H20ClNO4S. The van der Waals surface area contributed by atoms with Crippen molar-refractivity contribution in [3.63, 3.8) is 0 Å². The molecular weight excluding hydrogens is 314 g/mol. The van der Waals surface area contributed by atoms with Crippen molar-refractivity contribution in [3.05, 3.63) is 23.8 Å². The third-order valence-electron chi connectivity index (χ3n) is 3.22. The molecule has 5 nitrogen and oxygen atoms in total. The van der Waals surface area contributed by atoms with Gasteiger partial charge in [0, 0.05) is 11.9 Å². The average Bonchev–Trinajstić information content (AvgIpc) is 2.46. The number of ether oxygens (including phenoxy) is 2. The summed E-state index contributed by atoms with van der Waals surface area (Å²) in [6, 6.07) is 5.16. The molecule has 21 heavy (non-hydrogen) atoms. The van der Waals surface area contributed by atoms with Crippen LogP contribution in [-0.4, -0.2) is 33.3 Å². The van der Waals surface area contributed by atoms with E-state index in [1.54, 1.807) is 0 Å². The Kier molecular flexibility index (Phi) is 5.72. The van der Waals surface area contributed by atoms with Gasteiger partial charge in [-0.2, -0.15) is 0 Å². The molecule has 1 aromatic carbocycles. The lowest BCUT2D eigenvalue weighted by Gasteiger charge is -2.21. The Morgan fingerprint density at radius 3 is 2.67 bits per heavy atom. The molecule has 0 saturated carbocycles. The maximum atomic E-state index is 12.0. The van der Waals surface area contributed by atoms with Gasteiger partial charge in [-0.05, 0) is 37.5 Å². The van der Waals surface area contributed by atoms with E-state index in [4.69, 9.17) is 21.1 Å². The first-order chi connectivity index (χ1) is 10.0. The number of hydrogen-bond acceptors (Lipinski definition) is 4. The lowest BCUT2D eigenvalue weighted by atomic mass is 10.1. The Balaban J connectivity index is 2.01. The van der Waals surface area contributed by atoms with E-state index in [-0.39, 0.29) is 11.8 Å². The number of fused-ring (bicyclic) bond motifs is 1. The van der Waals surface area contributed by atoms with Crippen LogP contribution in [-0.2, 0) is 10.0 Å². The summed E-state index contributed by atoms with van der Waals surface area (Å²) in [5.41, 5.74) is 0.847. The highest BCUT2D eigenvalue weighted by Gasteiger charge is 2.18. The second-order valence-electron chi connectivity index (χ2n) is 4.96. The van der Waals surface area contributed by atoms with E-state index in [0.717, 1.165) is 5.56 Å². The van der Waals surface area contributed by atoms with Gasteiger partial charge in [-0.3, -0.25) is 0 Å². The molecule has 1 aliphatic rings. The van der Waals surface area contributed by atoms with Crippen LogP contribution in [0.3, 0.4) is 0 Å². The number of sulfonamides is 1. The van der Waals surface area contributed by atoms with Gasteiger partial charge < -0.3 is 9.47 Å². The van der Waals surface area contributed by atoms with Gasteiger partial charge in [-0.25, -0.2) is 13.1 Å². The fraction of sp³-hybridized carbons (Fsp3) is 0.571. The zero-order valence-corrected chi connectivity index (χ0v) is 13.5. The van der Waals surface area contributed by atoms with Crippen LogP contribution < -0.4 is 14.2 Å². The summed E-state index contributed by atoms with van der Waals surface area (Å²) < 4.78 is 37.6. The molecule has 0 aliphatic carbocycles. The summed E-state index contributed by atoms with van der Waals surface area (Å²) in [6.45, 7) is 2.86. The molecule has 7 heteroatoms. The highest BCUT2D eigenvalue weighted by molar-refractivity contribution is 7.89. The standard InChI is InChI=1S/C14H20ClNO4S/c1-11(16-21(17,18)9-3-2-6-15)12-4-5-13-14(10-12)20-8-7-19-13/h4-5,10-11,16H,2-3,6-9H2,1H3. The first kappa shape index (κ1) is 16.4. The molecule has 0 fully saturated rings. The van der Waals surface area contributed by atoms with Gasteiger partial charge in [0.2, 0.25) is 10.0 Å². The summed E-state index contributed by atoms with van der Waals surface area (Å²) in [5, 5.41) is 0. The molecule has 118 valence electrons. The molecule has 1 unspecified atom stereocenters. The van der Waals surface area contributed by atoms with Crippen molar-refractivity contribution < 1.29 is 17.9 Å². The maximum absolute atomic E-state index is 12.0. The topological polar surface area (TPSA) is 64.6 Å². The first-order valence-electron chi connectivity index (χ1n) is 6.97. The highest BCUT2D eigenvalue weighted by Crippen LogP contribution is 2.32. The zero-order valence-electron chi connectivity index (χ0n) is 12.0. The molecule has 0 bridgehead atoms. The smallest absolute Gasteiger partial charge is 0.212 e. The fourth-order valence-electron chi connectivity index (χ4n) is 2.11. The molecule has 0 spiro atoms. The number of halogens is 1. The molecule has 0 aromatic heterocycles. The monoisotopic (exact) mass is 333 g/mol. The van der Waals surface area contributed by atoms with E-state index < -0.39 is 10.0 Å². The Labute approximate surface area is 130 Å². The summed E-state index contributed by atoms with van der Waals surface area (Å²) in [6.07, 6.45) is 1.26. The Hall–Kier alpha value is -0.980. The molecule has 1 aromatic rings. The largest absolute Gasteiger partial charge is 0.486 e. The third-order valence-corrected chi connectivity index (χ3v) is 5.03. The average molecular weight is 334 g/mol. The lowest BCUT2D eigenvalue weighted by Crippen LogP contribution is -2.29. The van der Waals surface area contributed by atoms with Crippen LogP contribution in [0.15, 0.2) is 18.2 Å². The predicted molar refractivity (Wildman–Crippen MR) is 82.7 cm³/mol. The molecule has 1 N–H and O–H groups in total. The number of benzene rings is 1. The van der Waals surface area contributed by atoms with Gasteiger partial charge in [0.05, 0.1) is 5.75 Å². The van der Waals surface area contributed by atoms with Gasteiger partial charge in [0.25, 0.3) is 0 Å². The second-order valence-corrected chi connectivity index (χ2v) is 7.21. The Bertz CT molecular complexity index is 576. The molecule has 0 amide bonds. The van der Waals surface area contributed by atoms with Crippen molar-refractivity contribution in [2.75, 3.05) is 24.8 Å². The van der Waals surface area contributed by atoms with E-state index >= 15 is 0 Å². The van der Waals surface area contributed by atoms with Gasteiger partial charge in [0.1, 0.15) is 13.2 Å². The molecule has 1 aliphatic heterocycles. The molecule has 2 rings (SSSR count). The number of alkyl halides is 1. The van der Waals surface area contributed by atoms with Gasteiger partial charge in [-0.15, -0.1) is 11.6 Å². The van der Waals surface area contributed by atoms with Crippen molar-refractivity contribution in [1.29, 1.82) is 0 Å². The van der Waals surface area contributed by atoms with Crippen LogP contribution in [0.1, 0.15) is 31.4 Å². The summed E-state index contributed by atoms with van der Waals surface area (Å²) >= 11 is 5.56. The van der Waals surface area contributed by atoms with Gasteiger partial charge in [-0.1, -0.05) is 6.07 Å². The van der Waals surface area contributed by atoms with Crippen LogP contribution >= 0.6 is 11.6 Å². The number of nitrogens with one attached hydrogen (secondary N) is 1. The third kappa shape index (κ3) is 4.76. The summed E-state index contributed by atoms with van der Waals surface area (Å²) in [4.78, 5) is 0. The van der Waals surface area contributed by atoms with Crippen LogP contribution in [0, 0.1) is 0 Å². The fourth-order valence-corrected chi connectivity index (χ4v) is 3.68. The van der Waals surface area contributed by atoms with Gasteiger partial charge in [0.15, 0.2) is 11.5 Å². The minimum absolute atomic E-state index is 0.0919. The van der Waals surface area contributed by atoms with Crippen molar-refractivity contribution in [2.45, 2.75) is 25.8 Å². The lowest BCUT2D eigenvalue weighted by molar-refractivity contribution is 0.171. The van der Waals surface area contributed by atoms with Crippen LogP contribution in [0.5, 0.6) is 11.5 Å². The highest BCUT2D eigenvalue weighted by atomic mass is 35.5. The molecule has 1 heterocycles. The predicted octanol–water partition coefficient (Wildman–Crippen LogP) is 2.46. The van der Waals surface area contributed by atoms with Crippen molar-refractivity contribution in [1.82, 2.24) is 4.72 Å². The van der Waals surface area contributed by atoms with E-state index in [1.807, 2.05) is 25.1 Å². The maximum Gasteiger partial charge on any atom is 0.212 e. The summed E-state index contributed by atoms with van der Waals surface area (Å²) in [7, 11) is -3.30. The quantitative estimate of drug-likeness (QED) is 0.615. The van der Waals surface area contributed by atoms with E-state index in [2.05, 4.69) is 4.72 Å². The van der Waals surface area contributed by atoms with Crippen LogP contribution in [0.4, 0.5) is 0 Å². The normalized spacial score (nSPS) is 15.7. The molecule has 0 saturated heterocycles. The Morgan fingerprint density at radius 2 is 1.95 bits per heavy atom. The van der Waals surface area contributed by atoms with E-state index in [9.17, 15) is 8.42 Å². The van der Waals surface area contributed by atoms with E-state index in [1.165, 1.54) is 0 Å². The van der Waals surface area contributed by atoms with Crippen LogP contribution in [0.2, 0.25) is 0 Å².